The van der Waals surface area contributed by atoms with Gasteiger partial charge >= 0.3 is 6.09 Å². The van der Waals surface area contributed by atoms with Gasteiger partial charge < -0.3 is 14.5 Å². The second-order valence-electron chi connectivity index (χ2n) is 6.93. The predicted octanol–water partition coefficient (Wildman–Crippen LogP) is 2.25. The Morgan fingerprint density at radius 1 is 1.15 bits per heavy atom. The third kappa shape index (κ3) is 3.44. The van der Waals surface area contributed by atoms with Crippen LogP contribution >= 0.6 is 0 Å². The van der Waals surface area contributed by atoms with Crippen LogP contribution < -0.4 is 0 Å². The summed E-state index contributed by atoms with van der Waals surface area (Å²) < 4.78 is 5.38. The zero-order valence-electron chi connectivity index (χ0n) is 13.0. The molecule has 0 unspecified atom stereocenters. The first-order chi connectivity index (χ1) is 9.28. The highest BCUT2D eigenvalue weighted by atomic mass is 16.6. The summed E-state index contributed by atoms with van der Waals surface area (Å²) in [5.74, 6) is 0.498. The van der Waals surface area contributed by atoms with Gasteiger partial charge in [-0.25, -0.2) is 4.79 Å². The average molecular weight is 282 g/mol. The van der Waals surface area contributed by atoms with Crippen molar-refractivity contribution in [2.24, 2.45) is 5.92 Å². The number of piperazine rings is 1. The van der Waals surface area contributed by atoms with Crippen LogP contribution in [-0.2, 0) is 9.53 Å². The summed E-state index contributed by atoms with van der Waals surface area (Å²) in [6.07, 6.45) is 2.94. The smallest absolute Gasteiger partial charge is 0.410 e. The van der Waals surface area contributed by atoms with E-state index in [2.05, 4.69) is 0 Å². The first-order valence-corrected chi connectivity index (χ1v) is 7.56. The minimum Gasteiger partial charge on any atom is -0.444 e. The fraction of sp³-hybridized carbons (Fsp3) is 0.867. The van der Waals surface area contributed by atoms with Crippen LogP contribution in [-0.4, -0.2) is 53.1 Å². The van der Waals surface area contributed by atoms with Gasteiger partial charge in [0.15, 0.2) is 0 Å². The van der Waals surface area contributed by atoms with Crippen molar-refractivity contribution in [2.75, 3.05) is 19.6 Å². The molecule has 1 aliphatic carbocycles. The van der Waals surface area contributed by atoms with Crippen LogP contribution in [0.2, 0.25) is 0 Å². The van der Waals surface area contributed by atoms with E-state index >= 15 is 0 Å². The Bertz CT molecular complexity index is 385. The Kier molecular flexibility index (Phi) is 4.25. The zero-order valence-corrected chi connectivity index (χ0v) is 13.0. The quantitative estimate of drug-likeness (QED) is 0.741. The average Bonchev–Trinajstić information content (AvgIpc) is 2.23. The van der Waals surface area contributed by atoms with E-state index in [0.29, 0.717) is 19.6 Å². The number of rotatable bonds is 1. The van der Waals surface area contributed by atoms with Gasteiger partial charge in [-0.15, -0.1) is 0 Å². The summed E-state index contributed by atoms with van der Waals surface area (Å²) in [5.41, 5.74) is -0.473. The second kappa shape index (κ2) is 5.62. The van der Waals surface area contributed by atoms with E-state index in [1.54, 1.807) is 4.90 Å². The van der Waals surface area contributed by atoms with E-state index in [1.807, 2.05) is 32.6 Å². The van der Waals surface area contributed by atoms with Crippen molar-refractivity contribution in [3.05, 3.63) is 0 Å². The molecule has 1 atom stereocenters. The van der Waals surface area contributed by atoms with Crippen molar-refractivity contribution in [1.82, 2.24) is 9.80 Å². The number of carbonyl (C=O) groups excluding carboxylic acids is 2. The topological polar surface area (TPSA) is 49.9 Å². The Hall–Kier alpha value is -1.26. The molecule has 0 radical (unpaired) electrons. The number of hydrogen-bond donors (Lipinski definition) is 0. The van der Waals surface area contributed by atoms with Crippen LogP contribution in [0.1, 0.15) is 47.0 Å². The van der Waals surface area contributed by atoms with Gasteiger partial charge in [-0.05, 0) is 40.5 Å². The molecule has 1 saturated heterocycles. The molecule has 0 aromatic carbocycles. The molecule has 5 heteroatoms. The van der Waals surface area contributed by atoms with Gasteiger partial charge in [0.05, 0.1) is 0 Å². The molecule has 1 aliphatic heterocycles. The molecule has 2 amide bonds. The molecule has 1 saturated carbocycles. The molecule has 114 valence electrons. The van der Waals surface area contributed by atoms with Crippen molar-refractivity contribution in [3.8, 4) is 0 Å². The van der Waals surface area contributed by atoms with Crippen molar-refractivity contribution in [1.29, 1.82) is 0 Å². The molecule has 1 heterocycles. The second-order valence-corrected chi connectivity index (χ2v) is 6.93. The maximum atomic E-state index is 12.3. The van der Waals surface area contributed by atoms with Gasteiger partial charge in [0.1, 0.15) is 5.60 Å². The summed E-state index contributed by atoms with van der Waals surface area (Å²) >= 11 is 0. The minimum atomic E-state index is -0.473. The van der Waals surface area contributed by atoms with Gasteiger partial charge in [-0.3, -0.25) is 4.79 Å². The molecule has 0 aromatic rings. The third-order valence-corrected chi connectivity index (χ3v) is 4.02. The summed E-state index contributed by atoms with van der Waals surface area (Å²) in [7, 11) is 0. The number of ether oxygens (including phenoxy) is 1. The highest BCUT2D eigenvalue weighted by Gasteiger charge is 2.36. The molecular formula is C15H26N2O3. The maximum Gasteiger partial charge on any atom is 0.410 e. The Labute approximate surface area is 121 Å². The molecule has 5 nitrogen and oxygen atoms in total. The normalized spacial score (nSPS) is 24.3. The van der Waals surface area contributed by atoms with Crippen molar-refractivity contribution < 1.29 is 14.3 Å². The summed E-state index contributed by atoms with van der Waals surface area (Å²) in [6.45, 7) is 9.36. The number of amides is 2. The number of nitrogens with zero attached hydrogens (tertiary/aromatic N) is 2. The fourth-order valence-corrected chi connectivity index (χ4v) is 2.67. The summed E-state index contributed by atoms with van der Waals surface area (Å²) in [5, 5.41) is 0. The first-order valence-electron chi connectivity index (χ1n) is 7.56. The Morgan fingerprint density at radius 2 is 1.80 bits per heavy atom. The largest absolute Gasteiger partial charge is 0.444 e. The summed E-state index contributed by atoms with van der Waals surface area (Å²) in [4.78, 5) is 28.0. The third-order valence-electron chi connectivity index (χ3n) is 4.02. The van der Waals surface area contributed by atoms with Crippen LogP contribution in [0.25, 0.3) is 0 Å². The monoisotopic (exact) mass is 282 g/mol. The lowest BCUT2D eigenvalue weighted by Gasteiger charge is -2.42. The van der Waals surface area contributed by atoms with E-state index in [-0.39, 0.29) is 24.0 Å². The van der Waals surface area contributed by atoms with Crippen LogP contribution in [0.15, 0.2) is 0 Å². The lowest BCUT2D eigenvalue weighted by molar-refractivity contribution is -0.142. The molecule has 20 heavy (non-hydrogen) atoms. The molecule has 0 aromatic heterocycles. The minimum absolute atomic E-state index is 0.0735. The van der Waals surface area contributed by atoms with E-state index in [4.69, 9.17) is 4.74 Å². The molecule has 2 fully saturated rings. The van der Waals surface area contributed by atoms with Gasteiger partial charge in [-0.2, -0.15) is 0 Å². The molecule has 2 aliphatic rings. The molecule has 2 rings (SSSR count). The van der Waals surface area contributed by atoms with Crippen LogP contribution in [0.3, 0.4) is 0 Å². The van der Waals surface area contributed by atoms with Gasteiger partial charge in [-0.1, -0.05) is 6.42 Å². The molecule has 0 spiro atoms. The van der Waals surface area contributed by atoms with Crippen LogP contribution in [0, 0.1) is 5.92 Å². The highest BCUT2D eigenvalue weighted by molar-refractivity contribution is 5.80. The van der Waals surface area contributed by atoms with E-state index in [0.717, 1.165) is 12.8 Å². The van der Waals surface area contributed by atoms with E-state index < -0.39 is 5.60 Å². The van der Waals surface area contributed by atoms with E-state index in [1.165, 1.54) is 6.42 Å². The lowest BCUT2D eigenvalue weighted by Crippen LogP contribution is -2.57. The highest BCUT2D eigenvalue weighted by Crippen LogP contribution is 2.29. The molecule has 0 N–H and O–H groups in total. The lowest BCUT2D eigenvalue weighted by atomic mass is 9.84. The Morgan fingerprint density at radius 3 is 2.25 bits per heavy atom. The zero-order chi connectivity index (χ0) is 14.9. The van der Waals surface area contributed by atoms with Gasteiger partial charge in [0.25, 0.3) is 0 Å². The molecular weight excluding hydrogens is 256 g/mol. The predicted molar refractivity (Wildman–Crippen MR) is 76.3 cm³/mol. The SMILES string of the molecule is C[C@@H]1CN(C(=O)OC(C)(C)C)CCN1C(=O)C1CCC1. The number of hydrogen-bond acceptors (Lipinski definition) is 3. The van der Waals surface area contributed by atoms with Gasteiger partial charge in [0.2, 0.25) is 5.91 Å². The van der Waals surface area contributed by atoms with Crippen LogP contribution in [0.4, 0.5) is 4.79 Å². The summed E-state index contributed by atoms with van der Waals surface area (Å²) in [6, 6.07) is 0.0735. The van der Waals surface area contributed by atoms with Crippen molar-refractivity contribution in [2.45, 2.75) is 58.6 Å². The van der Waals surface area contributed by atoms with E-state index in [9.17, 15) is 9.59 Å². The maximum absolute atomic E-state index is 12.3. The Balaban J connectivity index is 1.88. The van der Waals surface area contributed by atoms with Crippen molar-refractivity contribution >= 4 is 12.0 Å². The van der Waals surface area contributed by atoms with Gasteiger partial charge in [0, 0.05) is 31.6 Å². The van der Waals surface area contributed by atoms with Crippen LogP contribution in [0.5, 0.6) is 0 Å². The number of carbonyl (C=O) groups is 2. The molecule has 0 bridgehead atoms. The van der Waals surface area contributed by atoms with Crippen molar-refractivity contribution in [3.63, 3.8) is 0 Å². The first kappa shape index (κ1) is 15.1. The fourth-order valence-electron chi connectivity index (χ4n) is 2.67. The standard InChI is InChI=1S/C15H26N2O3/c1-11-10-16(14(19)20-15(2,3)4)8-9-17(11)13(18)12-6-5-7-12/h11-12H,5-10H2,1-4H3/t11-/m1/s1.